The van der Waals surface area contributed by atoms with E-state index in [0.29, 0.717) is 13.2 Å². The maximum absolute atomic E-state index is 5.45. The van der Waals surface area contributed by atoms with Crippen LogP contribution in [0.3, 0.4) is 0 Å². The van der Waals surface area contributed by atoms with Crippen molar-refractivity contribution in [3.05, 3.63) is 59.7 Å². The summed E-state index contributed by atoms with van der Waals surface area (Å²) >= 11 is 0. The van der Waals surface area contributed by atoms with Gasteiger partial charge in [0, 0.05) is 26.3 Å². The van der Waals surface area contributed by atoms with Crippen molar-refractivity contribution in [2.75, 3.05) is 26.3 Å². The number of ether oxygens (including phenoxy) is 1. The maximum atomic E-state index is 5.45. The van der Waals surface area contributed by atoms with Crippen molar-refractivity contribution in [1.82, 2.24) is 9.47 Å². The summed E-state index contributed by atoms with van der Waals surface area (Å²) in [5.41, 5.74) is 2.99. The molecule has 0 spiro atoms. The van der Waals surface area contributed by atoms with Crippen molar-refractivity contribution < 1.29 is 4.74 Å². The van der Waals surface area contributed by atoms with Crippen LogP contribution in [0.4, 0.5) is 5.69 Å². The van der Waals surface area contributed by atoms with Crippen molar-refractivity contribution in [3.8, 4) is 0 Å². The van der Waals surface area contributed by atoms with Crippen molar-refractivity contribution in [1.29, 1.82) is 0 Å². The standard InChI is InChI=1S/C18H22N4O.HI/c1-15-8-9-21(2)17(14-15)20-18(22-10-12-23-13-11-22)19-16-6-4-3-5-7-16;/h3-9,14H,10-13H2,1-2H3;1H. The van der Waals surface area contributed by atoms with Gasteiger partial charge in [0.25, 0.3) is 0 Å². The minimum absolute atomic E-state index is 0. The van der Waals surface area contributed by atoms with E-state index < -0.39 is 0 Å². The van der Waals surface area contributed by atoms with Crippen LogP contribution in [0.15, 0.2) is 58.6 Å². The average molecular weight is 438 g/mol. The molecular formula is C18H23IN4O. The fourth-order valence-electron chi connectivity index (χ4n) is 2.42. The molecule has 128 valence electrons. The van der Waals surface area contributed by atoms with Gasteiger partial charge in [-0.1, -0.05) is 18.2 Å². The van der Waals surface area contributed by atoms with Crippen LogP contribution in [-0.4, -0.2) is 41.7 Å². The summed E-state index contributed by atoms with van der Waals surface area (Å²) in [6.45, 7) is 5.11. The predicted octanol–water partition coefficient (Wildman–Crippen LogP) is 2.87. The summed E-state index contributed by atoms with van der Waals surface area (Å²) in [4.78, 5) is 11.8. The van der Waals surface area contributed by atoms with E-state index in [0.717, 1.165) is 30.2 Å². The summed E-state index contributed by atoms with van der Waals surface area (Å²) in [5.74, 6) is 0.737. The Morgan fingerprint density at radius 2 is 1.79 bits per heavy atom. The largest absolute Gasteiger partial charge is 0.378 e. The highest BCUT2D eigenvalue weighted by molar-refractivity contribution is 14.0. The summed E-state index contributed by atoms with van der Waals surface area (Å²) in [7, 11) is 2.00. The number of hydrogen-bond acceptors (Lipinski definition) is 2. The number of aryl methyl sites for hydroxylation is 2. The molecule has 24 heavy (non-hydrogen) atoms. The predicted molar refractivity (Wildman–Crippen MR) is 107 cm³/mol. The number of benzene rings is 1. The summed E-state index contributed by atoms with van der Waals surface area (Å²) < 4.78 is 7.46. The molecule has 1 aliphatic heterocycles. The Morgan fingerprint density at radius 3 is 2.50 bits per heavy atom. The van der Waals surface area contributed by atoms with E-state index in [1.807, 2.05) is 48.1 Å². The zero-order chi connectivity index (χ0) is 16.1. The number of aliphatic imine (C=N–C) groups is 1. The number of rotatable bonds is 1. The molecule has 2 heterocycles. The van der Waals surface area contributed by atoms with E-state index in [1.54, 1.807) is 0 Å². The molecule has 1 saturated heterocycles. The van der Waals surface area contributed by atoms with E-state index in [4.69, 9.17) is 14.7 Å². The van der Waals surface area contributed by atoms with Crippen molar-refractivity contribution in [2.45, 2.75) is 6.92 Å². The minimum Gasteiger partial charge on any atom is -0.378 e. The number of hydrogen-bond donors (Lipinski definition) is 0. The van der Waals surface area contributed by atoms with Gasteiger partial charge in [0.05, 0.1) is 18.9 Å². The molecule has 0 atom stereocenters. The fourth-order valence-corrected chi connectivity index (χ4v) is 2.42. The van der Waals surface area contributed by atoms with Crippen LogP contribution in [-0.2, 0) is 11.8 Å². The van der Waals surface area contributed by atoms with E-state index in [9.17, 15) is 0 Å². The number of aromatic nitrogens is 1. The lowest BCUT2D eigenvalue weighted by Gasteiger charge is -2.27. The maximum Gasteiger partial charge on any atom is 0.228 e. The molecule has 6 heteroatoms. The second-order valence-corrected chi connectivity index (χ2v) is 5.63. The highest BCUT2D eigenvalue weighted by Gasteiger charge is 2.15. The van der Waals surface area contributed by atoms with Gasteiger partial charge in [-0.05, 0) is 36.8 Å². The van der Waals surface area contributed by atoms with Gasteiger partial charge >= 0.3 is 0 Å². The monoisotopic (exact) mass is 438 g/mol. The Hall–Kier alpha value is -1.67. The molecule has 1 fully saturated rings. The second-order valence-electron chi connectivity index (χ2n) is 5.63. The first kappa shape index (κ1) is 18.7. The van der Waals surface area contributed by atoms with Crippen molar-refractivity contribution >= 4 is 35.6 Å². The molecule has 0 unspecified atom stereocenters. The lowest BCUT2D eigenvalue weighted by molar-refractivity contribution is 0.0675. The zero-order valence-electron chi connectivity index (χ0n) is 14.1. The van der Waals surface area contributed by atoms with Crippen LogP contribution in [0.5, 0.6) is 0 Å². The van der Waals surface area contributed by atoms with Gasteiger partial charge in [0.1, 0.15) is 5.49 Å². The fraction of sp³-hybridized carbons (Fsp3) is 0.333. The average Bonchev–Trinajstić information content (AvgIpc) is 2.59. The highest BCUT2D eigenvalue weighted by Crippen LogP contribution is 2.12. The van der Waals surface area contributed by atoms with Gasteiger partial charge in [-0.15, -0.1) is 24.0 Å². The van der Waals surface area contributed by atoms with E-state index in [2.05, 4.69) is 24.0 Å². The molecule has 3 rings (SSSR count). The lowest BCUT2D eigenvalue weighted by atomic mass is 10.3. The van der Waals surface area contributed by atoms with Gasteiger partial charge in [0.15, 0.2) is 0 Å². The molecule has 0 saturated carbocycles. The van der Waals surface area contributed by atoms with Gasteiger partial charge in [-0.2, -0.15) is 4.99 Å². The Balaban J connectivity index is 0.00000208. The molecule has 1 aliphatic rings. The molecule has 0 bridgehead atoms. The van der Waals surface area contributed by atoms with Gasteiger partial charge < -0.3 is 14.2 Å². The van der Waals surface area contributed by atoms with Crippen LogP contribution >= 0.6 is 24.0 Å². The molecule has 2 aromatic rings. The number of nitrogens with zero attached hydrogens (tertiary/aromatic N) is 4. The highest BCUT2D eigenvalue weighted by atomic mass is 127. The molecule has 1 aromatic heterocycles. The van der Waals surface area contributed by atoms with E-state index in [-0.39, 0.29) is 24.0 Å². The summed E-state index contributed by atoms with van der Waals surface area (Å²) in [5, 5.41) is 0. The summed E-state index contributed by atoms with van der Waals surface area (Å²) in [6, 6.07) is 14.1. The molecule has 5 nitrogen and oxygen atoms in total. The Labute approximate surface area is 159 Å². The van der Waals surface area contributed by atoms with E-state index >= 15 is 0 Å². The third kappa shape index (κ3) is 4.91. The van der Waals surface area contributed by atoms with Crippen LogP contribution in [0.2, 0.25) is 0 Å². The number of halogens is 1. The summed E-state index contributed by atoms with van der Waals surface area (Å²) in [6.07, 6.45) is 2.02. The first-order valence-electron chi connectivity index (χ1n) is 7.87. The minimum atomic E-state index is 0. The van der Waals surface area contributed by atoms with Crippen molar-refractivity contribution in [3.63, 3.8) is 0 Å². The first-order valence-corrected chi connectivity index (χ1v) is 7.87. The topological polar surface area (TPSA) is 42.1 Å². The molecular weight excluding hydrogens is 415 g/mol. The number of para-hydroxylation sites is 1. The second kappa shape index (κ2) is 8.98. The van der Waals surface area contributed by atoms with Crippen LogP contribution in [0.1, 0.15) is 5.56 Å². The molecule has 0 radical (unpaired) electrons. The SMILES string of the molecule is Cc1ccn(C)c(=NC(=Nc2ccccc2)N2CCOCC2)c1.I. The van der Waals surface area contributed by atoms with Crippen LogP contribution < -0.4 is 5.49 Å². The van der Waals surface area contributed by atoms with Crippen molar-refractivity contribution in [2.24, 2.45) is 17.0 Å². The smallest absolute Gasteiger partial charge is 0.228 e. The Bertz CT molecular complexity index is 749. The van der Waals surface area contributed by atoms with Crippen LogP contribution in [0.25, 0.3) is 0 Å². The number of morpholine rings is 1. The van der Waals surface area contributed by atoms with Gasteiger partial charge in [-0.3, -0.25) is 0 Å². The molecule has 0 N–H and O–H groups in total. The number of pyridine rings is 1. The lowest BCUT2D eigenvalue weighted by Crippen LogP contribution is -2.41. The first-order chi connectivity index (χ1) is 11.2. The quantitative estimate of drug-likeness (QED) is 0.391. The molecule has 0 aliphatic carbocycles. The van der Waals surface area contributed by atoms with Crippen LogP contribution in [0, 0.1) is 6.92 Å². The molecule has 0 amide bonds. The van der Waals surface area contributed by atoms with Gasteiger partial charge in [0.2, 0.25) is 5.96 Å². The van der Waals surface area contributed by atoms with E-state index in [1.165, 1.54) is 5.56 Å². The third-order valence-corrected chi connectivity index (χ3v) is 3.77. The Kier molecular flexibility index (Phi) is 6.99. The normalized spacial score (nSPS) is 16.0. The Morgan fingerprint density at radius 1 is 1.08 bits per heavy atom. The van der Waals surface area contributed by atoms with Gasteiger partial charge in [-0.25, -0.2) is 4.99 Å². The number of guanidine groups is 1. The zero-order valence-corrected chi connectivity index (χ0v) is 16.4. The molecule has 1 aromatic carbocycles. The third-order valence-electron chi connectivity index (χ3n) is 3.77.